The van der Waals surface area contributed by atoms with Gasteiger partial charge in [-0.3, -0.25) is 4.89 Å². The summed E-state index contributed by atoms with van der Waals surface area (Å²) in [7, 11) is 0. The molecule has 1 saturated heterocycles. The van der Waals surface area contributed by atoms with E-state index < -0.39 is 23.6 Å². The summed E-state index contributed by atoms with van der Waals surface area (Å²) >= 11 is 0. The highest BCUT2D eigenvalue weighted by Gasteiger charge is 2.33. The molecule has 0 aliphatic carbocycles. The van der Waals surface area contributed by atoms with Crippen LogP contribution in [0.3, 0.4) is 0 Å². The number of ether oxygens (including phenoxy) is 3. The van der Waals surface area contributed by atoms with Crippen LogP contribution >= 0.6 is 0 Å². The summed E-state index contributed by atoms with van der Waals surface area (Å²) in [6, 6.07) is 0. The molecule has 0 aromatic rings. The number of aliphatic hydroxyl groups is 1. The Hall–Kier alpha value is -0.890. The quantitative estimate of drug-likeness (QED) is 0.454. The summed E-state index contributed by atoms with van der Waals surface area (Å²) < 4.78 is 15.7. The SMILES string of the molecule is CC(O)CC(C)(C)OOC(=O)OCC1COC(C)(C)O1. The maximum absolute atomic E-state index is 11.4. The molecule has 0 saturated carbocycles. The number of carbonyl (C=O) groups is 1. The average Bonchev–Trinajstić information content (AvgIpc) is 2.62. The lowest BCUT2D eigenvalue weighted by molar-refractivity contribution is -0.322. The van der Waals surface area contributed by atoms with Crippen LogP contribution in [-0.4, -0.2) is 48.1 Å². The van der Waals surface area contributed by atoms with E-state index in [0.29, 0.717) is 13.0 Å². The molecule has 0 aromatic carbocycles. The third-order valence-electron chi connectivity index (χ3n) is 2.58. The van der Waals surface area contributed by atoms with Gasteiger partial charge >= 0.3 is 6.16 Å². The first-order chi connectivity index (χ1) is 9.10. The third kappa shape index (κ3) is 6.51. The molecule has 7 nitrogen and oxygen atoms in total. The molecule has 1 rings (SSSR count). The second-order valence-corrected chi connectivity index (χ2v) is 5.99. The lowest BCUT2D eigenvalue weighted by Gasteiger charge is -2.23. The predicted molar refractivity (Wildman–Crippen MR) is 68.8 cm³/mol. The summed E-state index contributed by atoms with van der Waals surface area (Å²) in [4.78, 5) is 20.9. The van der Waals surface area contributed by atoms with Gasteiger partial charge in [0.05, 0.1) is 12.7 Å². The first-order valence-corrected chi connectivity index (χ1v) is 6.62. The van der Waals surface area contributed by atoms with Gasteiger partial charge in [0.25, 0.3) is 0 Å². The van der Waals surface area contributed by atoms with Gasteiger partial charge in [-0.25, -0.2) is 4.79 Å². The van der Waals surface area contributed by atoms with Gasteiger partial charge in [-0.15, -0.1) is 0 Å². The second-order valence-electron chi connectivity index (χ2n) is 5.99. The molecule has 1 fully saturated rings. The van der Waals surface area contributed by atoms with Crippen molar-refractivity contribution in [2.45, 2.75) is 64.6 Å². The van der Waals surface area contributed by atoms with Crippen LogP contribution in [0.4, 0.5) is 4.79 Å². The highest BCUT2D eigenvalue weighted by molar-refractivity contribution is 5.59. The van der Waals surface area contributed by atoms with Crippen molar-refractivity contribution in [2.24, 2.45) is 0 Å². The van der Waals surface area contributed by atoms with Crippen LogP contribution in [0.2, 0.25) is 0 Å². The van der Waals surface area contributed by atoms with E-state index >= 15 is 0 Å². The molecule has 20 heavy (non-hydrogen) atoms. The fourth-order valence-electron chi connectivity index (χ4n) is 1.92. The lowest BCUT2D eigenvalue weighted by Crippen LogP contribution is -2.31. The maximum Gasteiger partial charge on any atom is 0.540 e. The van der Waals surface area contributed by atoms with Gasteiger partial charge in [-0.2, -0.15) is 4.89 Å². The van der Waals surface area contributed by atoms with Gasteiger partial charge in [0.15, 0.2) is 5.79 Å². The minimum atomic E-state index is -0.947. The van der Waals surface area contributed by atoms with Crippen LogP contribution in [-0.2, 0) is 24.0 Å². The Kier molecular flexibility index (Phi) is 5.76. The normalized spacial score (nSPS) is 23.4. The van der Waals surface area contributed by atoms with Crippen molar-refractivity contribution in [3.8, 4) is 0 Å². The zero-order chi connectivity index (χ0) is 15.4. The van der Waals surface area contributed by atoms with E-state index in [4.69, 9.17) is 19.1 Å². The minimum absolute atomic E-state index is 0.0302. The Morgan fingerprint density at radius 3 is 2.65 bits per heavy atom. The Bertz CT molecular complexity index is 325. The number of hydrogen-bond donors (Lipinski definition) is 1. The molecule has 0 amide bonds. The van der Waals surface area contributed by atoms with Crippen LogP contribution < -0.4 is 0 Å². The van der Waals surface area contributed by atoms with Gasteiger partial charge in [0, 0.05) is 6.42 Å². The second kappa shape index (κ2) is 6.71. The van der Waals surface area contributed by atoms with Crippen LogP contribution in [0.1, 0.15) is 41.0 Å². The Morgan fingerprint density at radius 2 is 2.15 bits per heavy atom. The largest absolute Gasteiger partial charge is 0.540 e. The summed E-state index contributed by atoms with van der Waals surface area (Å²) in [5.74, 6) is -0.659. The molecule has 0 bridgehead atoms. The molecule has 1 aliphatic rings. The van der Waals surface area contributed by atoms with Crippen molar-refractivity contribution in [3.63, 3.8) is 0 Å². The van der Waals surface area contributed by atoms with Gasteiger partial charge in [0.1, 0.15) is 18.3 Å². The Labute approximate surface area is 119 Å². The first-order valence-electron chi connectivity index (χ1n) is 6.62. The van der Waals surface area contributed by atoms with E-state index in [2.05, 4.69) is 4.89 Å². The molecule has 0 radical (unpaired) electrons. The topological polar surface area (TPSA) is 83.5 Å². The van der Waals surface area contributed by atoms with Gasteiger partial charge in [-0.1, -0.05) is 0 Å². The lowest BCUT2D eigenvalue weighted by atomic mass is 10.0. The van der Waals surface area contributed by atoms with Crippen LogP contribution in [0.5, 0.6) is 0 Å². The zero-order valence-electron chi connectivity index (χ0n) is 12.7. The molecule has 1 aliphatic heterocycles. The zero-order valence-corrected chi connectivity index (χ0v) is 12.7. The fraction of sp³-hybridized carbons (Fsp3) is 0.923. The van der Waals surface area contributed by atoms with Gasteiger partial charge < -0.3 is 19.3 Å². The summed E-state index contributed by atoms with van der Waals surface area (Å²) in [5, 5.41) is 9.27. The molecule has 118 valence electrons. The molecule has 2 atom stereocenters. The van der Waals surface area contributed by atoms with E-state index in [9.17, 15) is 9.90 Å². The smallest absolute Gasteiger partial charge is 0.429 e. The van der Waals surface area contributed by atoms with Crippen molar-refractivity contribution >= 4 is 6.16 Å². The van der Waals surface area contributed by atoms with Crippen LogP contribution in [0.25, 0.3) is 0 Å². The minimum Gasteiger partial charge on any atom is -0.429 e. The van der Waals surface area contributed by atoms with Crippen molar-refractivity contribution in [3.05, 3.63) is 0 Å². The molecule has 0 aromatic heterocycles. The van der Waals surface area contributed by atoms with Gasteiger partial charge in [-0.05, 0) is 34.6 Å². The fourth-order valence-corrected chi connectivity index (χ4v) is 1.92. The van der Waals surface area contributed by atoms with Crippen molar-refractivity contribution in [1.29, 1.82) is 0 Å². The molecule has 2 unspecified atom stereocenters. The summed E-state index contributed by atoms with van der Waals surface area (Å²) in [6.07, 6.45) is -1.50. The molecular formula is C13H24O7. The molecule has 0 spiro atoms. The number of carbonyl (C=O) groups excluding carboxylic acids is 1. The van der Waals surface area contributed by atoms with Crippen LogP contribution in [0, 0.1) is 0 Å². The number of rotatable bonds is 6. The Balaban J connectivity index is 2.21. The van der Waals surface area contributed by atoms with E-state index in [1.807, 2.05) is 0 Å². The number of hydrogen-bond acceptors (Lipinski definition) is 7. The van der Waals surface area contributed by atoms with Gasteiger partial charge in [0.2, 0.25) is 0 Å². The predicted octanol–water partition coefficient (Wildman–Crippen LogP) is 1.77. The van der Waals surface area contributed by atoms with Crippen molar-refractivity contribution in [1.82, 2.24) is 0 Å². The van der Waals surface area contributed by atoms with E-state index in [0.717, 1.165) is 0 Å². The van der Waals surface area contributed by atoms with Crippen molar-refractivity contribution in [2.75, 3.05) is 13.2 Å². The molecule has 1 N–H and O–H groups in total. The summed E-state index contributed by atoms with van der Waals surface area (Å²) in [5.41, 5.74) is -0.790. The number of aliphatic hydroxyl groups excluding tert-OH is 1. The monoisotopic (exact) mass is 292 g/mol. The highest BCUT2D eigenvalue weighted by atomic mass is 17.2. The first kappa shape index (κ1) is 17.2. The van der Waals surface area contributed by atoms with Crippen molar-refractivity contribution < 1.29 is 33.9 Å². The van der Waals surface area contributed by atoms with E-state index in [-0.39, 0.29) is 12.7 Å². The maximum atomic E-state index is 11.4. The average molecular weight is 292 g/mol. The standard InChI is InChI=1S/C13H24O7/c1-9(14)6-12(2,3)20-19-11(15)16-7-10-8-17-13(4,5)18-10/h9-10,14H,6-8H2,1-5H3. The molecule has 7 heteroatoms. The molecular weight excluding hydrogens is 268 g/mol. The summed E-state index contributed by atoms with van der Waals surface area (Å²) in [6.45, 7) is 8.98. The Morgan fingerprint density at radius 1 is 1.50 bits per heavy atom. The van der Waals surface area contributed by atoms with Crippen LogP contribution in [0.15, 0.2) is 0 Å². The molecule has 1 heterocycles. The van der Waals surface area contributed by atoms with E-state index in [1.54, 1.807) is 34.6 Å². The highest BCUT2D eigenvalue weighted by Crippen LogP contribution is 2.22. The third-order valence-corrected chi connectivity index (χ3v) is 2.58. The van der Waals surface area contributed by atoms with E-state index in [1.165, 1.54) is 0 Å².